The predicted molar refractivity (Wildman–Crippen MR) is 147 cm³/mol. The van der Waals surface area contributed by atoms with Crippen LogP contribution in [0, 0.1) is 0 Å². The molecule has 1 aromatic heterocycles. The Kier molecular flexibility index (Phi) is 6.96. The van der Waals surface area contributed by atoms with Gasteiger partial charge in [0.25, 0.3) is 5.78 Å². The summed E-state index contributed by atoms with van der Waals surface area (Å²) in [5.74, 6) is -0.592. The topological polar surface area (TPSA) is 98.2 Å². The highest BCUT2D eigenvalue weighted by molar-refractivity contribution is 7.22. The number of benzene rings is 3. The minimum absolute atomic E-state index is 0.0989. The molecule has 4 aromatic rings. The van der Waals surface area contributed by atoms with Gasteiger partial charge in [0.2, 0.25) is 0 Å². The lowest BCUT2D eigenvalue weighted by Crippen LogP contribution is -2.29. The van der Waals surface area contributed by atoms with Crippen LogP contribution >= 0.6 is 22.9 Å². The molecule has 0 bridgehead atoms. The van der Waals surface area contributed by atoms with E-state index in [-0.39, 0.29) is 11.3 Å². The summed E-state index contributed by atoms with van der Waals surface area (Å²) in [5.41, 5.74) is 1.34. The van der Waals surface area contributed by atoms with Crippen LogP contribution in [0.3, 0.4) is 0 Å². The minimum atomic E-state index is -1.04. The van der Waals surface area contributed by atoms with E-state index < -0.39 is 17.7 Å². The lowest BCUT2D eigenvalue weighted by Gasteiger charge is -2.25. The highest BCUT2D eigenvalue weighted by Gasteiger charge is 2.49. The van der Waals surface area contributed by atoms with E-state index in [0.29, 0.717) is 50.7 Å². The van der Waals surface area contributed by atoms with Crippen LogP contribution in [-0.2, 0) is 9.59 Å². The molecule has 194 valence electrons. The van der Waals surface area contributed by atoms with Gasteiger partial charge in [-0.25, -0.2) is 4.98 Å². The van der Waals surface area contributed by atoms with Gasteiger partial charge in [0.15, 0.2) is 16.6 Å². The molecule has 5 rings (SSSR count). The number of anilines is 1. The number of nitrogens with zero attached hydrogens (tertiary/aromatic N) is 2. The third kappa shape index (κ3) is 4.33. The van der Waals surface area contributed by atoms with Crippen molar-refractivity contribution >= 4 is 55.7 Å². The molecule has 0 aliphatic carbocycles. The summed E-state index contributed by atoms with van der Waals surface area (Å²) in [7, 11) is 2.97. The normalized spacial score (nSPS) is 16.7. The van der Waals surface area contributed by atoms with Gasteiger partial charge in [-0.2, -0.15) is 0 Å². The molecule has 1 atom stereocenters. The van der Waals surface area contributed by atoms with Crippen molar-refractivity contribution in [2.75, 3.05) is 25.7 Å². The summed E-state index contributed by atoms with van der Waals surface area (Å²) in [6.07, 6.45) is 0. The Morgan fingerprint density at radius 3 is 2.53 bits per heavy atom. The fourth-order valence-corrected chi connectivity index (χ4v) is 5.61. The molecule has 2 heterocycles. The Morgan fingerprint density at radius 2 is 1.84 bits per heavy atom. The molecule has 8 nitrogen and oxygen atoms in total. The van der Waals surface area contributed by atoms with E-state index in [9.17, 15) is 14.7 Å². The Bertz CT molecular complexity index is 1580. The summed E-state index contributed by atoms with van der Waals surface area (Å²) in [5, 5.41) is 12.1. The molecule has 0 unspecified atom stereocenters. The molecule has 3 aromatic carbocycles. The van der Waals surface area contributed by atoms with Crippen molar-refractivity contribution in [3.8, 4) is 17.2 Å². The summed E-state index contributed by atoms with van der Waals surface area (Å²) in [6.45, 7) is 2.40. The second-order valence-corrected chi connectivity index (χ2v) is 9.76. The molecule has 1 amide bonds. The number of aliphatic hydroxyl groups excluding tert-OH is 1. The van der Waals surface area contributed by atoms with Crippen molar-refractivity contribution in [2.24, 2.45) is 0 Å². The number of Topliss-reactive ketones (excluding diaryl/α,β-unsaturated/α-hetero) is 1. The molecule has 0 spiro atoms. The third-order valence-electron chi connectivity index (χ3n) is 6.16. The maximum atomic E-state index is 13.6. The van der Waals surface area contributed by atoms with Gasteiger partial charge in [-0.05, 0) is 55.5 Å². The van der Waals surface area contributed by atoms with Crippen molar-refractivity contribution in [2.45, 2.75) is 13.0 Å². The van der Waals surface area contributed by atoms with E-state index >= 15 is 0 Å². The van der Waals surface area contributed by atoms with Gasteiger partial charge in [-0.1, -0.05) is 35.1 Å². The number of hydrogen-bond acceptors (Lipinski definition) is 8. The molecule has 38 heavy (non-hydrogen) atoms. The number of para-hydroxylation sites is 1. The van der Waals surface area contributed by atoms with E-state index in [1.165, 1.54) is 30.5 Å². The summed E-state index contributed by atoms with van der Waals surface area (Å²) >= 11 is 7.27. The van der Waals surface area contributed by atoms with E-state index in [2.05, 4.69) is 4.98 Å². The first-order valence-electron chi connectivity index (χ1n) is 11.7. The summed E-state index contributed by atoms with van der Waals surface area (Å²) in [4.78, 5) is 33.0. The van der Waals surface area contributed by atoms with Gasteiger partial charge in [0.05, 0.1) is 36.6 Å². The first-order valence-corrected chi connectivity index (χ1v) is 12.9. The van der Waals surface area contributed by atoms with Crippen molar-refractivity contribution in [1.29, 1.82) is 0 Å². The van der Waals surface area contributed by atoms with Gasteiger partial charge in [0, 0.05) is 16.1 Å². The third-order valence-corrected chi connectivity index (χ3v) is 7.43. The van der Waals surface area contributed by atoms with Crippen LogP contribution in [0.2, 0.25) is 5.02 Å². The number of rotatable bonds is 7. The smallest absolute Gasteiger partial charge is 0.301 e. The number of aromatic nitrogens is 1. The van der Waals surface area contributed by atoms with Gasteiger partial charge >= 0.3 is 5.91 Å². The molecular formula is C28H23ClN2O6S. The highest BCUT2D eigenvalue weighted by Crippen LogP contribution is 2.48. The molecule has 1 fully saturated rings. The second-order valence-electron chi connectivity index (χ2n) is 8.32. The summed E-state index contributed by atoms with van der Waals surface area (Å²) in [6, 6.07) is 15.9. The van der Waals surface area contributed by atoms with Gasteiger partial charge < -0.3 is 19.3 Å². The van der Waals surface area contributed by atoms with Crippen LogP contribution in [-0.4, -0.2) is 42.6 Å². The Labute approximate surface area is 227 Å². The molecule has 0 saturated carbocycles. The molecular weight excluding hydrogens is 528 g/mol. The van der Waals surface area contributed by atoms with Crippen LogP contribution < -0.4 is 19.1 Å². The molecule has 1 saturated heterocycles. The lowest BCUT2D eigenvalue weighted by molar-refractivity contribution is -0.132. The lowest BCUT2D eigenvalue weighted by atomic mass is 9.94. The number of ketones is 1. The van der Waals surface area contributed by atoms with Crippen LogP contribution in [0.15, 0.2) is 66.2 Å². The number of carbonyl (C=O) groups excluding carboxylic acids is 2. The average molecular weight is 551 g/mol. The number of hydrogen-bond donors (Lipinski definition) is 1. The maximum Gasteiger partial charge on any atom is 0.301 e. The van der Waals surface area contributed by atoms with Gasteiger partial charge in [-0.15, -0.1) is 0 Å². The largest absolute Gasteiger partial charge is 0.507 e. The maximum absolute atomic E-state index is 13.6. The number of halogens is 1. The zero-order valence-corrected chi connectivity index (χ0v) is 22.3. The molecule has 1 N–H and O–H groups in total. The van der Waals surface area contributed by atoms with E-state index in [1.807, 2.05) is 13.0 Å². The Morgan fingerprint density at radius 1 is 1.08 bits per heavy atom. The molecule has 1 aliphatic rings. The summed E-state index contributed by atoms with van der Waals surface area (Å²) < 4.78 is 17.5. The van der Waals surface area contributed by atoms with Crippen LogP contribution in [0.1, 0.15) is 24.1 Å². The van der Waals surface area contributed by atoms with E-state index in [1.54, 1.807) is 54.6 Å². The number of amides is 1. The van der Waals surface area contributed by atoms with E-state index in [4.69, 9.17) is 25.8 Å². The fraction of sp³-hybridized carbons (Fsp3) is 0.179. The zero-order chi connectivity index (χ0) is 27.0. The minimum Gasteiger partial charge on any atom is -0.507 e. The number of ether oxygens (including phenoxy) is 3. The fourth-order valence-electron chi connectivity index (χ4n) is 4.47. The average Bonchev–Trinajstić information content (AvgIpc) is 3.45. The quantitative estimate of drug-likeness (QED) is 0.171. The van der Waals surface area contributed by atoms with Crippen molar-refractivity contribution in [3.63, 3.8) is 0 Å². The number of fused-ring (bicyclic) bond motifs is 1. The molecule has 1 aliphatic heterocycles. The Balaban J connectivity index is 1.75. The number of carbonyl (C=O) groups is 2. The van der Waals surface area contributed by atoms with Crippen molar-refractivity contribution in [3.05, 3.63) is 82.4 Å². The first kappa shape index (κ1) is 25.6. The molecule has 0 radical (unpaired) electrons. The van der Waals surface area contributed by atoms with E-state index in [0.717, 1.165) is 4.70 Å². The van der Waals surface area contributed by atoms with Crippen molar-refractivity contribution < 1.29 is 28.9 Å². The number of methoxy groups -OCH3 is 2. The SMILES string of the molecule is CCOc1ccc2nc(N3C(=O)C(=O)/C(=C(/O)c4ccc(Cl)cc4)[C@@H]3c3cccc(OC)c3OC)sc2c1. The predicted octanol–water partition coefficient (Wildman–Crippen LogP) is 5.99. The van der Waals surface area contributed by atoms with Crippen molar-refractivity contribution in [1.82, 2.24) is 4.98 Å². The standard InChI is InChI=1S/C28H23ClN2O6S/c1-4-37-17-12-13-19-21(14-17)38-28(30-19)31-23(18-6-5-7-20(35-2)26(18)36-3)22(25(33)27(31)34)24(32)15-8-10-16(29)11-9-15/h5-14,23,32H,4H2,1-3H3/b24-22+/t23-/m0/s1. The van der Waals surface area contributed by atoms with Gasteiger partial charge in [-0.3, -0.25) is 14.5 Å². The number of aliphatic hydroxyl groups is 1. The second kappa shape index (κ2) is 10.4. The van der Waals surface area contributed by atoms with Crippen LogP contribution in [0.5, 0.6) is 17.2 Å². The monoisotopic (exact) mass is 550 g/mol. The zero-order valence-electron chi connectivity index (χ0n) is 20.7. The van der Waals surface area contributed by atoms with Crippen LogP contribution in [0.25, 0.3) is 16.0 Å². The van der Waals surface area contributed by atoms with Gasteiger partial charge in [0.1, 0.15) is 17.6 Å². The highest BCUT2D eigenvalue weighted by atomic mass is 35.5. The number of thiazole rings is 1. The van der Waals surface area contributed by atoms with Crippen LogP contribution in [0.4, 0.5) is 5.13 Å². The first-order chi connectivity index (χ1) is 18.4. The molecule has 10 heteroatoms. The Hall–Kier alpha value is -4.08.